The molecule has 2 heteroatoms. The Labute approximate surface area is 95.4 Å². The average molecular weight is 223 g/mol. The molecule has 3 rings (SSSR count). The summed E-state index contributed by atoms with van der Waals surface area (Å²) in [5, 5.41) is 0.773. The molecule has 1 aromatic carbocycles. The highest BCUT2D eigenvalue weighted by molar-refractivity contribution is 6.30. The lowest BCUT2D eigenvalue weighted by atomic mass is 9.98. The van der Waals surface area contributed by atoms with Crippen LogP contribution in [0.1, 0.15) is 25.7 Å². The Hall–Kier alpha value is -0.690. The van der Waals surface area contributed by atoms with Crippen molar-refractivity contribution in [2.24, 2.45) is 11.8 Å². The zero-order valence-electron chi connectivity index (χ0n) is 8.66. The first-order valence-corrected chi connectivity index (χ1v) is 6.11. The number of ether oxygens (including phenoxy) is 1. The Bertz CT molecular complexity index is 346. The second-order valence-electron chi connectivity index (χ2n) is 4.79. The summed E-state index contributed by atoms with van der Waals surface area (Å²) >= 11 is 5.84. The van der Waals surface area contributed by atoms with Crippen LogP contribution in [0.2, 0.25) is 5.02 Å². The van der Waals surface area contributed by atoms with Crippen LogP contribution in [0.25, 0.3) is 0 Å². The summed E-state index contributed by atoms with van der Waals surface area (Å²) in [7, 11) is 0. The average Bonchev–Trinajstić information content (AvgIpc) is 2.83. The first kappa shape index (κ1) is 9.53. The van der Waals surface area contributed by atoms with E-state index in [2.05, 4.69) is 0 Å². The summed E-state index contributed by atoms with van der Waals surface area (Å²) in [6.07, 6.45) is 5.89. The van der Waals surface area contributed by atoms with Gasteiger partial charge in [-0.3, -0.25) is 0 Å². The van der Waals surface area contributed by atoms with Gasteiger partial charge in [0.05, 0.1) is 0 Å². The van der Waals surface area contributed by atoms with Gasteiger partial charge >= 0.3 is 0 Å². The van der Waals surface area contributed by atoms with Gasteiger partial charge in [0.1, 0.15) is 11.9 Å². The number of fused-ring (bicyclic) bond motifs is 2. The molecule has 2 fully saturated rings. The van der Waals surface area contributed by atoms with Crippen molar-refractivity contribution in [1.82, 2.24) is 0 Å². The molecule has 0 amide bonds. The quantitative estimate of drug-likeness (QED) is 0.737. The molecule has 2 saturated carbocycles. The molecule has 0 saturated heterocycles. The van der Waals surface area contributed by atoms with Crippen molar-refractivity contribution >= 4 is 11.6 Å². The molecule has 2 aliphatic carbocycles. The largest absolute Gasteiger partial charge is 0.490 e. The zero-order valence-corrected chi connectivity index (χ0v) is 9.41. The maximum absolute atomic E-state index is 6.01. The van der Waals surface area contributed by atoms with Crippen LogP contribution in [0.3, 0.4) is 0 Å². The predicted molar refractivity (Wildman–Crippen MR) is 61.3 cm³/mol. The van der Waals surface area contributed by atoms with E-state index in [9.17, 15) is 0 Å². The summed E-state index contributed by atoms with van der Waals surface area (Å²) in [6, 6.07) is 7.72. The van der Waals surface area contributed by atoms with Gasteiger partial charge < -0.3 is 4.74 Å². The Morgan fingerprint density at radius 3 is 2.47 bits per heavy atom. The number of benzene rings is 1. The number of hydrogen-bond donors (Lipinski definition) is 0. The van der Waals surface area contributed by atoms with Crippen molar-refractivity contribution in [2.45, 2.75) is 31.8 Å². The van der Waals surface area contributed by atoms with Crippen molar-refractivity contribution in [1.29, 1.82) is 0 Å². The highest BCUT2D eigenvalue weighted by Crippen LogP contribution is 2.45. The van der Waals surface area contributed by atoms with E-state index in [1.54, 1.807) is 0 Å². The van der Waals surface area contributed by atoms with Gasteiger partial charge in [0.2, 0.25) is 0 Å². The van der Waals surface area contributed by atoms with E-state index in [1.807, 2.05) is 24.3 Å². The maximum atomic E-state index is 6.01. The van der Waals surface area contributed by atoms with Crippen LogP contribution in [0.4, 0.5) is 0 Å². The lowest BCUT2D eigenvalue weighted by molar-refractivity contribution is 0.138. The van der Waals surface area contributed by atoms with E-state index in [0.717, 1.165) is 22.6 Å². The van der Waals surface area contributed by atoms with Gasteiger partial charge in [-0.25, -0.2) is 0 Å². The molecule has 0 N–H and O–H groups in total. The fourth-order valence-electron chi connectivity index (χ4n) is 3.02. The Morgan fingerprint density at radius 2 is 1.87 bits per heavy atom. The standard InChI is InChI=1S/C13H15ClO/c14-11-3-5-12(6-4-11)15-13-8-9-1-2-10(13)7-9/h3-6,9-10,13H,1-2,7-8H2/t9-,10+,13+/m1/s1. The molecule has 80 valence electrons. The SMILES string of the molecule is Clc1ccc(O[C@H]2C[C@@H]3CC[C@H]2C3)cc1. The second kappa shape index (κ2) is 3.71. The van der Waals surface area contributed by atoms with E-state index < -0.39 is 0 Å². The molecule has 1 nitrogen and oxygen atoms in total. The molecular weight excluding hydrogens is 208 g/mol. The summed E-state index contributed by atoms with van der Waals surface area (Å²) in [5.74, 6) is 2.72. The fraction of sp³-hybridized carbons (Fsp3) is 0.538. The van der Waals surface area contributed by atoms with Crippen molar-refractivity contribution in [3.8, 4) is 5.75 Å². The van der Waals surface area contributed by atoms with Crippen molar-refractivity contribution < 1.29 is 4.74 Å². The third-order valence-corrected chi connectivity index (χ3v) is 4.03. The topological polar surface area (TPSA) is 9.23 Å². The third-order valence-electron chi connectivity index (χ3n) is 3.77. The van der Waals surface area contributed by atoms with Gasteiger partial charge in [0.25, 0.3) is 0 Å². The molecule has 0 unspecified atom stereocenters. The first-order chi connectivity index (χ1) is 7.31. The van der Waals surface area contributed by atoms with Crippen LogP contribution in [0, 0.1) is 11.8 Å². The van der Waals surface area contributed by atoms with E-state index in [-0.39, 0.29) is 0 Å². The smallest absolute Gasteiger partial charge is 0.119 e. The van der Waals surface area contributed by atoms with E-state index >= 15 is 0 Å². The fourth-order valence-corrected chi connectivity index (χ4v) is 3.14. The minimum Gasteiger partial charge on any atom is -0.490 e. The summed E-state index contributed by atoms with van der Waals surface area (Å²) in [6.45, 7) is 0. The summed E-state index contributed by atoms with van der Waals surface area (Å²) < 4.78 is 6.01. The molecule has 1 aromatic rings. The predicted octanol–water partition coefficient (Wildman–Crippen LogP) is 3.91. The second-order valence-corrected chi connectivity index (χ2v) is 5.22. The zero-order chi connectivity index (χ0) is 10.3. The van der Waals surface area contributed by atoms with Gasteiger partial charge in [-0.1, -0.05) is 11.6 Å². The molecule has 0 aliphatic heterocycles. The number of halogens is 1. The Kier molecular flexibility index (Phi) is 2.36. The molecule has 0 spiro atoms. The van der Waals surface area contributed by atoms with Gasteiger partial charge in [-0.05, 0) is 61.8 Å². The van der Waals surface area contributed by atoms with Gasteiger partial charge in [0, 0.05) is 5.02 Å². The van der Waals surface area contributed by atoms with Gasteiger partial charge in [-0.15, -0.1) is 0 Å². The van der Waals surface area contributed by atoms with Crippen LogP contribution in [-0.4, -0.2) is 6.10 Å². The molecule has 15 heavy (non-hydrogen) atoms. The highest BCUT2D eigenvalue weighted by atomic mass is 35.5. The van der Waals surface area contributed by atoms with E-state index in [0.29, 0.717) is 6.10 Å². The Balaban J connectivity index is 1.68. The van der Waals surface area contributed by atoms with Gasteiger partial charge in [-0.2, -0.15) is 0 Å². The minimum atomic E-state index is 0.463. The lowest BCUT2D eigenvalue weighted by Gasteiger charge is -2.23. The lowest BCUT2D eigenvalue weighted by Crippen LogP contribution is -2.23. The van der Waals surface area contributed by atoms with Gasteiger partial charge in [0.15, 0.2) is 0 Å². The van der Waals surface area contributed by atoms with E-state index in [4.69, 9.17) is 16.3 Å². The van der Waals surface area contributed by atoms with Crippen molar-refractivity contribution in [3.63, 3.8) is 0 Å². The monoisotopic (exact) mass is 222 g/mol. The highest BCUT2D eigenvalue weighted by Gasteiger charge is 2.40. The number of hydrogen-bond acceptors (Lipinski definition) is 1. The van der Waals surface area contributed by atoms with Crippen molar-refractivity contribution in [2.75, 3.05) is 0 Å². The normalized spacial score (nSPS) is 33.3. The van der Waals surface area contributed by atoms with Crippen LogP contribution >= 0.6 is 11.6 Å². The minimum absolute atomic E-state index is 0.463. The van der Waals surface area contributed by atoms with Crippen molar-refractivity contribution in [3.05, 3.63) is 29.3 Å². The van der Waals surface area contributed by atoms with Crippen LogP contribution < -0.4 is 4.74 Å². The van der Waals surface area contributed by atoms with E-state index in [1.165, 1.54) is 25.7 Å². The third kappa shape index (κ3) is 1.85. The Morgan fingerprint density at radius 1 is 1.07 bits per heavy atom. The maximum Gasteiger partial charge on any atom is 0.119 e. The summed E-state index contributed by atoms with van der Waals surface area (Å²) in [5.41, 5.74) is 0. The molecule has 2 bridgehead atoms. The molecule has 2 aliphatic rings. The van der Waals surface area contributed by atoms with Crippen LogP contribution in [0.5, 0.6) is 5.75 Å². The number of rotatable bonds is 2. The van der Waals surface area contributed by atoms with Crippen LogP contribution in [0.15, 0.2) is 24.3 Å². The summed E-state index contributed by atoms with van der Waals surface area (Å²) in [4.78, 5) is 0. The molecule has 0 heterocycles. The van der Waals surface area contributed by atoms with Crippen LogP contribution in [-0.2, 0) is 0 Å². The molecule has 3 atom stereocenters. The molecule has 0 aromatic heterocycles. The molecule has 0 radical (unpaired) electrons. The molecular formula is C13H15ClO. The first-order valence-electron chi connectivity index (χ1n) is 5.73.